The molecule has 2 aromatic carbocycles. The van der Waals surface area contributed by atoms with Crippen molar-refractivity contribution in [2.75, 3.05) is 24.6 Å². The third-order valence-electron chi connectivity index (χ3n) is 7.03. The Balaban J connectivity index is 1.46. The summed E-state index contributed by atoms with van der Waals surface area (Å²) in [5, 5.41) is 0.459. The maximum absolute atomic E-state index is 13.6. The minimum absolute atomic E-state index is 0.00797. The molecular formula is C27H27ClN2O4S. The van der Waals surface area contributed by atoms with Gasteiger partial charge >= 0.3 is 0 Å². The fourth-order valence-electron chi connectivity index (χ4n) is 5.07. The number of carbonyl (C=O) groups excluding carboxylic acids is 2. The van der Waals surface area contributed by atoms with Gasteiger partial charge in [0.1, 0.15) is 0 Å². The van der Waals surface area contributed by atoms with Crippen LogP contribution in [0, 0.1) is 6.92 Å². The van der Waals surface area contributed by atoms with E-state index in [4.69, 9.17) is 11.6 Å². The van der Waals surface area contributed by atoms with Gasteiger partial charge in [-0.05, 0) is 74.1 Å². The molecule has 0 atom stereocenters. The highest BCUT2D eigenvalue weighted by Crippen LogP contribution is 2.32. The molecule has 0 unspecified atom stereocenters. The van der Waals surface area contributed by atoms with E-state index in [9.17, 15) is 18.0 Å². The first-order valence-electron chi connectivity index (χ1n) is 11.9. The van der Waals surface area contributed by atoms with E-state index in [0.717, 1.165) is 48.2 Å². The van der Waals surface area contributed by atoms with Crippen molar-refractivity contribution in [1.82, 2.24) is 9.47 Å². The van der Waals surface area contributed by atoms with Crippen LogP contribution in [0.2, 0.25) is 5.02 Å². The van der Waals surface area contributed by atoms with Crippen molar-refractivity contribution in [2.45, 2.75) is 32.6 Å². The first kappa shape index (κ1) is 23.8. The van der Waals surface area contributed by atoms with E-state index in [1.54, 1.807) is 23.1 Å². The number of nitrogens with zero attached hydrogens (tertiary/aromatic N) is 2. The van der Waals surface area contributed by atoms with Crippen molar-refractivity contribution < 1.29 is 18.0 Å². The lowest BCUT2D eigenvalue weighted by molar-refractivity contribution is 0.0770. The van der Waals surface area contributed by atoms with Gasteiger partial charge in [-0.2, -0.15) is 0 Å². The molecule has 182 valence electrons. The molecule has 3 aromatic rings. The Morgan fingerprint density at radius 1 is 0.943 bits per heavy atom. The molecule has 1 fully saturated rings. The number of benzene rings is 2. The Kier molecular flexibility index (Phi) is 6.32. The molecule has 0 bridgehead atoms. The highest BCUT2D eigenvalue weighted by atomic mass is 35.5. The Labute approximate surface area is 210 Å². The minimum atomic E-state index is -3.05. The van der Waals surface area contributed by atoms with E-state index < -0.39 is 9.84 Å². The minimum Gasteiger partial charge on any atom is -0.337 e. The molecule has 5 rings (SSSR count). The number of amides is 1. The standard InChI is InChI=1S/C27H27ClN2O4S/c1-18-5-4-7-23(28)25(18)26(31)22-17-30(24-8-3-2-6-21(22)24)20-11-9-19(10-12-20)27(32)29-13-15-35(33,34)16-14-29/h4-5,7,9-12,17H,2-3,6,8,13-16H2,1H3. The van der Waals surface area contributed by atoms with Gasteiger partial charge in [0.2, 0.25) is 0 Å². The number of rotatable bonds is 4. The maximum Gasteiger partial charge on any atom is 0.253 e. The molecule has 8 heteroatoms. The molecule has 1 aliphatic carbocycles. The van der Waals surface area contributed by atoms with Crippen molar-refractivity contribution in [3.63, 3.8) is 0 Å². The van der Waals surface area contributed by atoms with Crippen LogP contribution in [0.1, 0.15) is 55.9 Å². The summed E-state index contributed by atoms with van der Waals surface area (Å²) in [4.78, 5) is 28.0. The number of hydrogen-bond acceptors (Lipinski definition) is 4. The summed E-state index contributed by atoms with van der Waals surface area (Å²) in [6, 6.07) is 12.8. The third-order valence-corrected chi connectivity index (χ3v) is 8.95. The van der Waals surface area contributed by atoms with Gasteiger partial charge < -0.3 is 9.47 Å². The molecule has 1 saturated heterocycles. The maximum atomic E-state index is 13.6. The summed E-state index contributed by atoms with van der Waals surface area (Å²) in [6.45, 7) is 2.35. The summed E-state index contributed by atoms with van der Waals surface area (Å²) in [5.41, 5.74) is 5.70. The van der Waals surface area contributed by atoms with Gasteiger partial charge in [0.15, 0.2) is 15.6 Å². The molecule has 0 saturated carbocycles. The van der Waals surface area contributed by atoms with Crippen molar-refractivity contribution in [2.24, 2.45) is 0 Å². The summed E-state index contributed by atoms with van der Waals surface area (Å²) < 4.78 is 25.4. The van der Waals surface area contributed by atoms with Crippen molar-refractivity contribution >= 4 is 33.1 Å². The fraction of sp³-hybridized carbons (Fsp3) is 0.333. The number of hydrogen-bond donors (Lipinski definition) is 0. The third kappa shape index (κ3) is 4.55. The number of halogens is 1. The molecule has 35 heavy (non-hydrogen) atoms. The van der Waals surface area contributed by atoms with Crippen LogP contribution in [0.15, 0.2) is 48.7 Å². The first-order chi connectivity index (χ1) is 16.7. The van der Waals surface area contributed by atoms with Crippen LogP contribution >= 0.6 is 11.6 Å². The van der Waals surface area contributed by atoms with Gasteiger partial charge in [-0.15, -0.1) is 0 Å². The van der Waals surface area contributed by atoms with Crippen LogP contribution in [0.25, 0.3) is 5.69 Å². The van der Waals surface area contributed by atoms with E-state index in [-0.39, 0.29) is 36.3 Å². The van der Waals surface area contributed by atoms with E-state index in [1.165, 1.54) is 0 Å². The van der Waals surface area contributed by atoms with Gasteiger partial charge in [-0.25, -0.2) is 8.42 Å². The van der Waals surface area contributed by atoms with Crippen LogP contribution in [-0.4, -0.2) is 54.2 Å². The molecule has 0 radical (unpaired) electrons. The monoisotopic (exact) mass is 510 g/mol. The predicted molar refractivity (Wildman–Crippen MR) is 137 cm³/mol. The Bertz CT molecular complexity index is 1390. The lowest BCUT2D eigenvalue weighted by atomic mass is 9.91. The quantitative estimate of drug-likeness (QED) is 0.487. The Hall–Kier alpha value is -2.90. The second kappa shape index (κ2) is 9.28. The molecule has 1 amide bonds. The van der Waals surface area contributed by atoms with E-state index >= 15 is 0 Å². The highest BCUT2D eigenvalue weighted by molar-refractivity contribution is 7.91. The van der Waals surface area contributed by atoms with Crippen LogP contribution in [0.3, 0.4) is 0 Å². The number of carbonyl (C=O) groups is 2. The summed E-state index contributed by atoms with van der Waals surface area (Å²) >= 11 is 6.41. The van der Waals surface area contributed by atoms with Crippen LogP contribution in [-0.2, 0) is 22.7 Å². The first-order valence-corrected chi connectivity index (χ1v) is 14.1. The van der Waals surface area contributed by atoms with Gasteiger partial charge in [0.25, 0.3) is 5.91 Å². The molecule has 2 heterocycles. The highest BCUT2D eigenvalue weighted by Gasteiger charge is 2.28. The van der Waals surface area contributed by atoms with Crippen LogP contribution in [0.5, 0.6) is 0 Å². The zero-order valence-corrected chi connectivity index (χ0v) is 21.2. The molecule has 0 spiro atoms. The normalized spacial score (nSPS) is 17.1. The number of fused-ring (bicyclic) bond motifs is 1. The van der Waals surface area contributed by atoms with Crippen molar-refractivity contribution in [3.8, 4) is 5.69 Å². The van der Waals surface area contributed by atoms with Gasteiger partial charge in [0.05, 0.1) is 16.5 Å². The number of ketones is 1. The molecule has 2 aliphatic rings. The summed E-state index contributed by atoms with van der Waals surface area (Å²) in [5.74, 6) is -0.204. The lowest BCUT2D eigenvalue weighted by Gasteiger charge is -2.26. The van der Waals surface area contributed by atoms with Crippen LogP contribution < -0.4 is 0 Å². The number of aromatic nitrogens is 1. The Morgan fingerprint density at radius 3 is 2.31 bits per heavy atom. The zero-order chi connectivity index (χ0) is 24.7. The lowest BCUT2D eigenvalue weighted by Crippen LogP contribution is -2.43. The smallest absolute Gasteiger partial charge is 0.253 e. The second-order valence-corrected chi connectivity index (χ2v) is 12.0. The largest absolute Gasteiger partial charge is 0.337 e. The van der Waals surface area contributed by atoms with Crippen molar-refractivity contribution in [1.29, 1.82) is 0 Å². The van der Waals surface area contributed by atoms with E-state index in [0.29, 0.717) is 21.7 Å². The summed E-state index contributed by atoms with van der Waals surface area (Å²) in [7, 11) is -3.05. The van der Waals surface area contributed by atoms with E-state index in [2.05, 4.69) is 4.57 Å². The average molecular weight is 511 g/mol. The van der Waals surface area contributed by atoms with Crippen LogP contribution in [0.4, 0.5) is 0 Å². The van der Waals surface area contributed by atoms with Gasteiger partial charge in [0, 0.05) is 47.4 Å². The molecule has 1 aliphatic heterocycles. The number of sulfone groups is 1. The number of aryl methyl sites for hydroxylation is 1. The molecule has 0 N–H and O–H groups in total. The van der Waals surface area contributed by atoms with Gasteiger partial charge in [-0.3, -0.25) is 9.59 Å². The SMILES string of the molecule is Cc1cccc(Cl)c1C(=O)c1cn(-c2ccc(C(=O)N3CCS(=O)(=O)CC3)cc2)c2c1CCCC2. The molecular weight excluding hydrogens is 484 g/mol. The Morgan fingerprint density at radius 2 is 1.63 bits per heavy atom. The second-order valence-electron chi connectivity index (χ2n) is 9.30. The predicted octanol–water partition coefficient (Wildman–Crippen LogP) is 4.42. The van der Waals surface area contributed by atoms with E-state index in [1.807, 2.05) is 37.4 Å². The fourth-order valence-corrected chi connectivity index (χ4v) is 6.58. The summed E-state index contributed by atoms with van der Waals surface area (Å²) in [6.07, 6.45) is 5.74. The van der Waals surface area contributed by atoms with Gasteiger partial charge in [-0.1, -0.05) is 23.7 Å². The zero-order valence-electron chi connectivity index (χ0n) is 19.6. The average Bonchev–Trinajstić information content (AvgIpc) is 3.23. The topological polar surface area (TPSA) is 76.5 Å². The molecule has 6 nitrogen and oxygen atoms in total. The molecule has 1 aromatic heterocycles. The van der Waals surface area contributed by atoms with Crippen molar-refractivity contribution in [3.05, 3.63) is 87.2 Å².